The molecule has 0 saturated heterocycles. The molecule has 186 valence electrons. The minimum absolute atomic E-state index is 0.783. The summed E-state index contributed by atoms with van der Waals surface area (Å²) >= 11 is 0. The molecule has 1 heterocycles. The van der Waals surface area contributed by atoms with Crippen molar-refractivity contribution >= 4 is 0 Å². The van der Waals surface area contributed by atoms with Crippen molar-refractivity contribution in [2.45, 2.75) is 84.5 Å². The molecule has 1 aliphatic carbocycles. The van der Waals surface area contributed by atoms with Gasteiger partial charge in [-0.1, -0.05) is 88.4 Å². The van der Waals surface area contributed by atoms with Crippen molar-refractivity contribution < 1.29 is 4.74 Å². The van der Waals surface area contributed by atoms with E-state index in [9.17, 15) is 0 Å². The van der Waals surface area contributed by atoms with E-state index in [0.29, 0.717) is 0 Å². The average molecular weight is 471 g/mol. The third-order valence-electron chi connectivity index (χ3n) is 7.35. The van der Waals surface area contributed by atoms with Gasteiger partial charge in [0, 0.05) is 23.5 Å². The fourth-order valence-electron chi connectivity index (χ4n) is 4.86. The van der Waals surface area contributed by atoms with E-state index in [0.717, 1.165) is 59.5 Å². The molecule has 1 atom stereocenters. The highest BCUT2D eigenvalue weighted by Crippen LogP contribution is 2.38. The average Bonchev–Trinajstić information content (AvgIpc) is 3.75. The highest BCUT2D eigenvalue weighted by Gasteiger charge is 2.27. The van der Waals surface area contributed by atoms with Crippen LogP contribution in [0.5, 0.6) is 5.75 Å². The maximum Gasteiger partial charge on any atom is 0.159 e. The van der Waals surface area contributed by atoms with E-state index in [4.69, 9.17) is 4.74 Å². The lowest BCUT2D eigenvalue weighted by Gasteiger charge is -2.14. The number of rotatable bonds is 15. The van der Waals surface area contributed by atoms with Gasteiger partial charge in [0.05, 0.1) is 6.61 Å². The van der Waals surface area contributed by atoms with Crippen molar-refractivity contribution in [1.82, 2.24) is 9.97 Å². The number of nitrogens with zero attached hydrogens (tertiary/aromatic N) is 2. The van der Waals surface area contributed by atoms with Gasteiger partial charge in [-0.15, -0.1) is 0 Å². The van der Waals surface area contributed by atoms with Crippen molar-refractivity contribution in [2.24, 2.45) is 11.8 Å². The summed E-state index contributed by atoms with van der Waals surface area (Å²) in [5.74, 6) is 3.57. The van der Waals surface area contributed by atoms with Crippen LogP contribution >= 0.6 is 0 Å². The lowest BCUT2D eigenvalue weighted by atomic mass is 10.0. The molecule has 2 aromatic carbocycles. The van der Waals surface area contributed by atoms with E-state index in [1.165, 1.54) is 63.4 Å². The van der Waals surface area contributed by atoms with Crippen LogP contribution in [-0.2, 0) is 6.42 Å². The lowest BCUT2D eigenvalue weighted by molar-refractivity contribution is 0.291. The number of hydrogen-bond donors (Lipinski definition) is 0. The summed E-state index contributed by atoms with van der Waals surface area (Å²) in [7, 11) is 0. The summed E-state index contributed by atoms with van der Waals surface area (Å²) in [6.07, 6.45) is 18.2. The third-order valence-corrected chi connectivity index (χ3v) is 7.35. The monoisotopic (exact) mass is 470 g/mol. The van der Waals surface area contributed by atoms with Gasteiger partial charge in [0.25, 0.3) is 0 Å². The van der Waals surface area contributed by atoms with Crippen LogP contribution in [0.15, 0.2) is 60.9 Å². The first-order chi connectivity index (χ1) is 17.2. The van der Waals surface area contributed by atoms with Gasteiger partial charge >= 0.3 is 0 Å². The second-order valence-corrected chi connectivity index (χ2v) is 10.3. The number of para-hydroxylation sites is 1. The Morgan fingerprint density at radius 2 is 1.51 bits per heavy atom. The Morgan fingerprint density at radius 3 is 2.26 bits per heavy atom. The van der Waals surface area contributed by atoms with Gasteiger partial charge < -0.3 is 4.74 Å². The first-order valence-electron chi connectivity index (χ1n) is 13.9. The summed E-state index contributed by atoms with van der Waals surface area (Å²) in [6.45, 7) is 5.43. The molecule has 0 spiro atoms. The molecule has 3 aromatic rings. The van der Waals surface area contributed by atoms with Crippen LogP contribution in [0.4, 0.5) is 0 Å². The molecule has 1 fully saturated rings. The fourth-order valence-corrected chi connectivity index (χ4v) is 4.86. The largest absolute Gasteiger partial charge is 0.493 e. The first-order valence-corrected chi connectivity index (χ1v) is 13.9. The van der Waals surface area contributed by atoms with Crippen molar-refractivity contribution in [3.05, 3.63) is 66.5 Å². The van der Waals surface area contributed by atoms with E-state index in [-0.39, 0.29) is 0 Å². The van der Waals surface area contributed by atoms with Gasteiger partial charge in [0.1, 0.15) is 5.75 Å². The first kappa shape index (κ1) is 25.4. The topological polar surface area (TPSA) is 35.0 Å². The smallest absolute Gasteiger partial charge is 0.159 e. The Labute approximate surface area is 212 Å². The maximum atomic E-state index is 6.20. The number of unbranched alkanes of at least 4 members (excludes halogenated alkanes) is 5. The Morgan fingerprint density at radius 1 is 0.829 bits per heavy atom. The summed E-state index contributed by atoms with van der Waals surface area (Å²) in [5.41, 5.74) is 4.59. The molecule has 3 nitrogen and oxygen atoms in total. The molecule has 35 heavy (non-hydrogen) atoms. The predicted molar refractivity (Wildman–Crippen MR) is 147 cm³/mol. The van der Waals surface area contributed by atoms with Gasteiger partial charge in [-0.05, 0) is 67.6 Å². The Bertz CT molecular complexity index is 1010. The fraction of sp³-hybridized carbons (Fsp3) is 0.500. The van der Waals surface area contributed by atoms with Crippen molar-refractivity contribution in [2.75, 3.05) is 6.61 Å². The van der Waals surface area contributed by atoms with Crippen LogP contribution in [-0.4, -0.2) is 16.6 Å². The van der Waals surface area contributed by atoms with Crippen LogP contribution in [0.3, 0.4) is 0 Å². The highest BCUT2D eigenvalue weighted by molar-refractivity contribution is 5.72. The summed E-state index contributed by atoms with van der Waals surface area (Å²) in [6, 6.07) is 16.9. The van der Waals surface area contributed by atoms with Crippen LogP contribution in [0.25, 0.3) is 22.5 Å². The molecule has 1 aromatic heterocycles. The standard InChI is InChI=1S/C32H42N2O/c1-3-4-5-6-7-8-13-26-23-33-32(34-24-26)29-20-18-28(19-21-29)30-14-9-10-15-31(30)35-22-11-12-25(2)27-16-17-27/h9-10,14-15,18-21,23-25,27H,3-8,11-13,16-17,22H2,1-2H3. The number of aryl methyl sites for hydroxylation is 1. The van der Waals surface area contributed by atoms with Crippen LogP contribution in [0.2, 0.25) is 0 Å². The SMILES string of the molecule is CCCCCCCCc1cnc(-c2ccc(-c3ccccc3OCCCC(C)C3CC3)cc2)nc1. The minimum Gasteiger partial charge on any atom is -0.493 e. The molecule has 0 N–H and O–H groups in total. The minimum atomic E-state index is 0.783. The number of benzene rings is 2. The zero-order valence-corrected chi connectivity index (χ0v) is 21.7. The Balaban J connectivity index is 1.30. The molecule has 0 aliphatic heterocycles. The van der Waals surface area contributed by atoms with E-state index >= 15 is 0 Å². The van der Waals surface area contributed by atoms with Crippen molar-refractivity contribution in [3.8, 4) is 28.3 Å². The van der Waals surface area contributed by atoms with Crippen molar-refractivity contribution in [3.63, 3.8) is 0 Å². The van der Waals surface area contributed by atoms with Gasteiger partial charge in [-0.3, -0.25) is 0 Å². The quantitative estimate of drug-likeness (QED) is 0.208. The third kappa shape index (κ3) is 7.92. The van der Waals surface area contributed by atoms with E-state index in [1.807, 2.05) is 12.4 Å². The zero-order chi connectivity index (χ0) is 24.3. The van der Waals surface area contributed by atoms with E-state index < -0.39 is 0 Å². The normalized spacial score (nSPS) is 14.1. The predicted octanol–water partition coefficient (Wildman–Crippen LogP) is 8.92. The molecule has 0 bridgehead atoms. The van der Waals surface area contributed by atoms with Gasteiger partial charge in [-0.25, -0.2) is 9.97 Å². The zero-order valence-electron chi connectivity index (χ0n) is 21.7. The molecule has 1 unspecified atom stereocenters. The Hall–Kier alpha value is -2.68. The molecule has 0 radical (unpaired) electrons. The summed E-state index contributed by atoms with van der Waals surface area (Å²) < 4.78 is 6.20. The number of ether oxygens (including phenoxy) is 1. The molecule has 1 aliphatic rings. The molecule has 0 amide bonds. The lowest BCUT2D eigenvalue weighted by Crippen LogP contribution is -2.03. The summed E-state index contributed by atoms with van der Waals surface area (Å²) in [5, 5.41) is 0. The van der Waals surface area contributed by atoms with Crippen LogP contribution < -0.4 is 4.74 Å². The van der Waals surface area contributed by atoms with Crippen LogP contribution in [0.1, 0.15) is 83.6 Å². The second kappa shape index (κ2) is 13.4. The van der Waals surface area contributed by atoms with Gasteiger partial charge in [0.15, 0.2) is 5.82 Å². The molecule has 1 saturated carbocycles. The van der Waals surface area contributed by atoms with Gasteiger partial charge in [-0.2, -0.15) is 0 Å². The second-order valence-electron chi connectivity index (χ2n) is 10.3. The highest BCUT2D eigenvalue weighted by atomic mass is 16.5. The van der Waals surface area contributed by atoms with E-state index in [1.54, 1.807) is 0 Å². The number of aromatic nitrogens is 2. The Kier molecular flexibility index (Phi) is 9.74. The van der Waals surface area contributed by atoms with E-state index in [2.05, 4.69) is 72.3 Å². The number of hydrogen-bond acceptors (Lipinski definition) is 3. The maximum absolute atomic E-state index is 6.20. The van der Waals surface area contributed by atoms with Crippen LogP contribution in [0, 0.1) is 11.8 Å². The molecular weight excluding hydrogens is 428 g/mol. The summed E-state index contributed by atoms with van der Waals surface area (Å²) in [4.78, 5) is 9.28. The molecular formula is C32H42N2O. The molecule has 4 rings (SSSR count). The van der Waals surface area contributed by atoms with Gasteiger partial charge in [0.2, 0.25) is 0 Å². The molecule has 3 heteroatoms. The van der Waals surface area contributed by atoms with Crippen molar-refractivity contribution in [1.29, 1.82) is 0 Å².